The Morgan fingerprint density at radius 1 is 1.43 bits per heavy atom. The number of ether oxygens (including phenoxy) is 1. The van der Waals surface area contributed by atoms with Crippen LogP contribution in [0.2, 0.25) is 0 Å². The minimum absolute atomic E-state index is 0.00384. The van der Waals surface area contributed by atoms with Crippen LogP contribution in [0, 0.1) is 0 Å². The largest absolute Gasteiger partial charge is 0.465 e. The number of hydrogen-bond donors (Lipinski definition) is 2. The molecule has 0 spiro atoms. The number of hydrogen-bond acceptors (Lipinski definition) is 3. The minimum Gasteiger partial charge on any atom is -0.465 e. The van der Waals surface area contributed by atoms with E-state index in [1.165, 1.54) is 12.0 Å². The molecule has 1 saturated carbocycles. The van der Waals surface area contributed by atoms with E-state index in [1.54, 1.807) is 0 Å². The van der Waals surface area contributed by atoms with E-state index < -0.39 is 6.09 Å². The van der Waals surface area contributed by atoms with Crippen molar-refractivity contribution < 1.29 is 19.7 Å². The van der Waals surface area contributed by atoms with E-state index in [2.05, 4.69) is 0 Å². The third-order valence-corrected chi connectivity index (χ3v) is 2.62. The van der Waals surface area contributed by atoms with Gasteiger partial charge < -0.3 is 14.9 Å². The van der Waals surface area contributed by atoms with Crippen LogP contribution in [-0.2, 0) is 4.74 Å². The maximum atomic E-state index is 10.9. The molecular formula is C9H17NO4. The Labute approximate surface area is 83.3 Å². The predicted octanol–water partition coefficient (Wildman–Crippen LogP) is 0.874. The maximum absolute atomic E-state index is 10.9. The SMILES string of the molecule is COCN(C(=O)O)[C@H]1CC[C@H](O)CC1. The van der Waals surface area contributed by atoms with Crippen molar-refractivity contribution in [2.45, 2.75) is 37.8 Å². The van der Waals surface area contributed by atoms with Crippen LogP contribution < -0.4 is 0 Å². The molecule has 82 valence electrons. The van der Waals surface area contributed by atoms with Gasteiger partial charge in [-0.05, 0) is 25.7 Å². The summed E-state index contributed by atoms with van der Waals surface area (Å²) in [6.45, 7) is 0.107. The number of carboxylic acid groups (broad SMARTS) is 1. The van der Waals surface area contributed by atoms with Crippen LogP contribution in [0.4, 0.5) is 4.79 Å². The van der Waals surface area contributed by atoms with Gasteiger partial charge in [-0.1, -0.05) is 0 Å². The monoisotopic (exact) mass is 203 g/mol. The number of aliphatic hydroxyl groups excluding tert-OH is 1. The zero-order chi connectivity index (χ0) is 10.6. The molecule has 0 unspecified atom stereocenters. The summed E-state index contributed by atoms with van der Waals surface area (Å²) < 4.78 is 4.83. The summed E-state index contributed by atoms with van der Waals surface area (Å²) in [5.74, 6) is 0. The molecule has 0 aromatic heterocycles. The quantitative estimate of drug-likeness (QED) is 0.668. The van der Waals surface area contributed by atoms with Crippen molar-refractivity contribution in [2.24, 2.45) is 0 Å². The van der Waals surface area contributed by atoms with E-state index in [-0.39, 0.29) is 18.9 Å². The molecule has 1 aliphatic rings. The fourth-order valence-electron chi connectivity index (χ4n) is 1.83. The Balaban J connectivity index is 2.47. The van der Waals surface area contributed by atoms with Gasteiger partial charge in [-0.25, -0.2) is 4.79 Å². The smallest absolute Gasteiger partial charge is 0.409 e. The molecule has 0 saturated heterocycles. The number of nitrogens with zero attached hydrogens (tertiary/aromatic N) is 1. The van der Waals surface area contributed by atoms with Crippen LogP contribution in [0.1, 0.15) is 25.7 Å². The summed E-state index contributed by atoms with van der Waals surface area (Å²) in [5, 5.41) is 18.2. The van der Waals surface area contributed by atoms with Crippen LogP contribution in [0.5, 0.6) is 0 Å². The first kappa shape index (κ1) is 11.3. The van der Waals surface area contributed by atoms with Crippen LogP contribution in [-0.4, -0.2) is 47.2 Å². The van der Waals surface area contributed by atoms with Crippen LogP contribution >= 0.6 is 0 Å². The molecule has 0 atom stereocenters. The van der Waals surface area contributed by atoms with E-state index in [0.717, 1.165) is 12.8 Å². The fourth-order valence-corrected chi connectivity index (χ4v) is 1.83. The lowest BCUT2D eigenvalue weighted by Gasteiger charge is -2.33. The number of aliphatic hydroxyl groups is 1. The average molecular weight is 203 g/mol. The van der Waals surface area contributed by atoms with Crippen LogP contribution in [0.3, 0.4) is 0 Å². The molecule has 1 rings (SSSR count). The molecule has 0 heterocycles. The molecule has 14 heavy (non-hydrogen) atoms. The average Bonchev–Trinajstić information content (AvgIpc) is 2.15. The van der Waals surface area contributed by atoms with E-state index in [1.807, 2.05) is 0 Å². The van der Waals surface area contributed by atoms with Gasteiger partial charge in [0.15, 0.2) is 0 Å². The maximum Gasteiger partial charge on any atom is 0.409 e. The van der Waals surface area contributed by atoms with Gasteiger partial charge in [-0.2, -0.15) is 0 Å². The molecule has 2 N–H and O–H groups in total. The highest BCUT2D eigenvalue weighted by Crippen LogP contribution is 2.23. The minimum atomic E-state index is -0.951. The Kier molecular flexibility index (Phi) is 4.16. The van der Waals surface area contributed by atoms with E-state index in [0.29, 0.717) is 12.8 Å². The van der Waals surface area contributed by atoms with Gasteiger partial charge in [-0.3, -0.25) is 4.90 Å². The van der Waals surface area contributed by atoms with Crippen molar-refractivity contribution >= 4 is 6.09 Å². The topological polar surface area (TPSA) is 70.0 Å². The highest BCUT2D eigenvalue weighted by Gasteiger charge is 2.27. The van der Waals surface area contributed by atoms with E-state index in [4.69, 9.17) is 9.84 Å². The summed E-state index contributed by atoms with van der Waals surface area (Å²) in [4.78, 5) is 12.2. The van der Waals surface area contributed by atoms with Crippen molar-refractivity contribution in [3.05, 3.63) is 0 Å². The zero-order valence-corrected chi connectivity index (χ0v) is 8.35. The normalized spacial score (nSPS) is 27.3. The number of rotatable bonds is 3. The molecular weight excluding hydrogens is 186 g/mol. The van der Waals surface area contributed by atoms with Gasteiger partial charge in [0.2, 0.25) is 0 Å². The number of amides is 1. The fraction of sp³-hybridized carbons (Fsp3) is 0.889. The first-order valence-electron chi connectivity index (χ1n) is 4.81. The first-order chi connectivity index (χ1) is 6.65. The summed E-state index contributed by atoms with van der Waals surface area (Å²) in [6.07, 6.45) is 1.59. The third-order valence-electron chi connectivity index (χ3n) is 2.62. The first-order valence-corrected chi connectivity index (χ1v) is 4.81. The van der Waals surface area contributed by atoms with Gasteiger partial charge >= 0.3 is 6.09 Å². The lowest BCUT2D eigenvalue weighted by molar-refractivity contribution is 0.0112. The Hall–Kier alpha value is -0.810. The van der Waals surface area contributed by atoms with Gasteiger partial charge in [0.05, 0.1) is 6.10 Å². The van der Waals surface area contributed by atoms with Crippen LogP contribution in [0.25, 0.3) is 0 Å². The lowest BCUT2D eigenvalue weighted by atomic mass is 9.92. The molecule has 5 heteroatoms. The summed E-state index contributed by atoms with van der Waals surface area (Å²) in [5.41, 5.74) is 0. The summed E-state index contributed by atoms with van der Waals surface area (Å²) in [6, 6.07) is -0.00384. The molecule has 1 amide bonds. The van der Waals surface area contributed by atoms with E-state index >= 15 is 0 Å². The molecule has 0 aromatic carbocycles. The Morgan fingerprint density at radius 3 is 2.43 bits per heavy atom. The molecule has 0 bridgehead atoms. The van der Waals surface area contributed by atoms with Crippen molar-refractivity contribution in [1.82, 2.24) is 4.90 Å². The molecule has 0 aromatic rings. The van der Waals surface area contributed by atoms with E-state index in [9.17, 15) is 9.90 Å². The highest BCUT2D eigenvalue weighted by atomic mass is 16.5. The third kappa shape index (κ3) is 2.85. The Morgan fingerprint density at radius 2 is 2.00 bits per heavy atom. The predicted molar refractivity (Wildman–Crippen MR) is 50.0 cm³/mol. The van der Waals surface area contributed by atoms with Crippen molar-refractivity contribution in [2.75, 3.05) is 13.8 Å². The number of methoxy groups -OCH3 is 1. The molecule has 1 fully saturated rings. The van der Waals surface area contributed by atoms with Crippen LogP contribution in [0.15, 0.2) is 0 Å². The van der Waals surface area contributed by atoms with Gasteiger partial charge in [0.25, 0.3) is 0 Å². The molecule has 5 nitrogen and oxygen atoms in total. The second kappa shape index (κ2) is 5.17. The number of carbonyl (C=O) groups is 1. The van der Waals surface area contributed by atoms with Crippen molar-refractivity contribution in [3.8, 4) is 0 Å². The second-order valence-corrected chi connectivity index (χ2v) is 3.63. The van der Waals surface area contributed by atoms with Gasteiger partial charge in [-0.15, -0.1) is 0 Å². The summed E-state index contributed by atoms with van der Waals surface area (Å²) >= 11 is 0. The highest BCUT2D eigenvalue weighted by molar-refractivity contribution is 5.65. The zero-order valence-electron chi connectivity index (χ0n) is 8.35. The lowest BCUT2D eigenvalue weighted by Crippen LogP contribution is -2.43. The Bertz CT molecular complexity index is 189. The second-order valence-electron chi connectivity index (χ2n) is 3.63. The van der Waals surface area contributed by atoms with Gasteiger partial charge in [0.1, 0.15) is 6.73 Å². The van der Waals surface area contributed by atoms with Gasteiger partial charge in [0, 0.05) is 13.2 Å². The molecule has 0 radical (unpaired) electrons. The molecule has 1 aliphatic carbocycles. The van der Waals surface area contributed by atoms with Crippen molar-refractivity contribution in [3.63, 3.8) is 0 Å². The summed E-state index contributed by atoms with van der Waals surface area (Å²) in [7, 11) is 1.48. The standard InChI is InChI=1S/C9H17NO4/c1-14-6-10(9(12)13)7-2-4-8(11)5-3-7/h7-8,11H,2-6H2,1H3,(H,12,13)/t7-,8-. The molecule has 0 aliphatic heterocycles. The van der Waals surface area contributed by atoms with Crippen molar-refractivity contribution in [1.29, 1.82) is 0 Å².